The molecule has 1 aliphatic heterocycles. The summed E-state index contributed by atoms with van der Waals surface area (Å²) in [6.45, 7) is 1.63. The summed E-state index contributed by atoms with van der Waals surface area (Å²) in [5.74, 6) is 0.623. The van der Waals surface area contributed by atoms with Crippen LogP contribution in [0.3, 0.4) is 0 Å². The Morgan fingerprint density at radius 3 is 2.65 bits per heavy atom. The zero-order chi connectivity index (χ0) is 17.9. The number of halogens is 1. The molecule has 0 fully saturated rings. The second-order valence-corrected chi connectivity index (χ2v) is 7.67. The van der Waals surface area contributed by atoms with Crippen molar-refractivity contribution in [1.82, 2.24) is 9.62 Å². The van der Waals surface area contributed by atoms with Crippen molar-refractivity contribution in [3.63, 3.8) is 0 Å². The Hall–Kier alpha value is -1.80. The van der Waals surface area contributed by atoms with Gasteiger partial charge in [0, 0.05) is 19.2 Å². The van der Waals surface area contributed by atoms with E-state index in [4.69, 9.17) is 4.74 Å². The normalized spacial score (nSPS) is 15.8. The molecule has 0 unspecified atom stereocenters. The van der Waals surface area contributed by atoms with Crippen LogP contribution < -0.4 is 14.4 Å². The van der Waals surface area contributed by atoms with Crippen LogP contribution in [0.1, 0.15) is 12.0 Å². The number of rotatable bonds is 6. The van der Waals surface area contributed by atoms with Crippen molar-refractivity contribution in [2.24, 2.45) is 0 Å². The summed E-state index contributed by atoms with van der Waals surface area (Å²) in [7, 11) is -0.218. The van der Waals surface area contributed by atoms with Gasteiger partial charge in [0.1, 0.15) is 5.75 Å². The molecule has 26 heavy (non-hydrogen) atoms. The Balaban J connectivity index is 0.00000243. The van der Waals surface area contributed by atoms with Crippen LogP contribution in [0.15, 0.2) is 48.5 Å². The van der Waals surface area contributed by atoms with Crippen molar-refractivity contribution in [3.05, 3.63) is 54.1 Å². The Morgan fingerprint density at radius 2 is 1.92 bits per heavy atom. The number of hydrogen-bond acceptors (Lipinski definition) is 4. The zero-order valence-electron chi connectivity index (χ0n) is 14.9. The molecular weight excluding hydrogens is 374 g/mol. The van der Waals surface area contributed by atoms with Gasteiger partial charge < -0.3 is 10.1 Å². The number of ether oxygens (including phenoxy) is 1. The summed E-state index contributed by atoms with van der Waals surface area (Å²) >= 11 is 0. The molecule has 0 bridgehead atoms. The van der Waals surface area contributed by atoms with Gasteiger partial charge in [0.05, 0.1) is 18.5 Å². The Morgan fingerprint density at radius 1 is 1.15 bits per heavy atom. The molecular formula is C18H24ClN3O3S. The summed E-state index contributed by atoms with van der Waals surface area (Å²) in [6.07, 6.45) is 0.754. The third-order valence-electron chi connectivity index (χ3n) is 4.24. The predicted molar refractivity (Wildman–Crippen MR) is 107 cm³/mol. The van der Waals surface area contributed by atoms with Gasteiger partial charge >= 0.3 is 10.2 Å². The highest BCUT2D eigenvalue weighted by atomic mass is 35.5. The van der Waals surface area contributed by atoms with Crippen molar-refractivity contribution in [2.45, 2.75) is 13.0 Å². The first-order chi connectivity index (χ1) is 12.1. The molecule has 0 atom stereocenters. The van der Waals surface area contributed by atoms with E-state index in [9.17, 15) is 8.42 Å². The molecule has 1 N–H and O–H groups in total. The Bertz CT molecular complexity index is 845. The van der Waals surface area contributed by atoms with Crippen LogP contribution in [-0.4, -0.2) is 40.0 Å². The van der Waals surface area contributed by atoms with Gasteiger partial charge in [0.2, 0.25) is 0 Å². The van der Waals surface area contributed by atoms with Crippen molar-refractivity contribution < 1.29 is 13.2 Å². The number of anilines is 2. The molecule has 6 nitrogen and oxygen atoms in total. The van der Waals surface area contributed by atoms with Gasteiger partial charge in [-0.2, -0.15) is 12.7 Å². The third-order valence-corrected chi connectivity index (χ3v) is 6.07. The topological polar surface area (TPSA) is 61.9 Å². The number of nitrogens with zero attached hydrogens (tertiary/aromatic N) is 2. The molecule has 8 heteroatoms. The molecule has 0 saturated heterocycles. The van der Waals surface area contributed by atoms with Gasteiger partial charge in [-0.3, -0.25) is 0 Å². The highest BCUT2D eigenvalue weighted by Gasteiger charge is 2.37. The lowest BCUT2D eigenvalue weighted by Gasteiger charge is -2.37. The molecule has 3 rings (SSSR count). The van der Waals surface area contributed by atoms with E-state index >= 15 is 0 Å². The average Bonchev–Trinajstić information content (AvgIpc) is 2.62. The molecule has 1 heterocycles. The molecule has 0 amide bonds. The van der Waals surface area contributed by atoms with Crippen molar-refractivity contribution >= 4 is 34.0 Å². The van der Waals surface area contributed by atoms with E-state index in [1.165, 1.54) is 8.61 Å². The smallest absolute Gasteiger partial charge is 0.308 e. The number of methoxy groups -OCH3 is 1. The minimum Gasteiger partial charge on any atom is -0.497 e. The average molecular weight is 398 g/mol. The minimum atomic E-state index is -3.65. The summed E-state index contributed by atoms with van der Waals surface area (Å²) < 4.78 is 34.7. The molecule has 2 aromatic rings. The number of fused-ring (bicyclic) bond motifs is 1. The van der Waals surface area contributed by atoms with E-state index < -0.39 is 10.2 Å². The molecule has 0 aliphatic carbocycles. The first-order valence-corrected chi connectivity index (χ1v) is 9.64. The lowest BCUT2D eigenvalue weighted by molar-refractivity contribution is 0.392. The standard InChI is InChI=1S/C18H23N3O3S.ClH/c1-19-11-6-12-20-14-15-7-3-4-10-18(15)21(25(20,22)23)16-8-5-9-17(13-16)24-2;/h3-5,7-10,13,19H,6,11-12,14H2,1-2H3;1H. The fraction of sp³-hybridized carbons (Fsp3) is 0.333. The van der Waals surface area contributed by atoms with Crippen molar-refractivity contribution in [1.29, 1.82) is 0 Å². The number of hydrogen-bond donors (Lipinski definition) is 1. The summed E-state index contributed by atoms with van der Waals surface area (Å²) in [5.41, 5.74) is 2.26. The van der Waals surface area contributed by atoms with E-state index in [0.717, 1.165) is 18.5 Å². The maximum absolute atomic E-state index is 13.3. The SMILES string of the molecule is CNCCCN1Cc2ccccc2N(c2cccc(OC)c2)S1(=O)=O.Cl. The van der Waals surface area contributed by atoms with E-state index in [-0.39, 0.29) is 12.4 Å². The second-order valence-electron chi connectivity index (χ2n) is 5.89. The second kappa shape index (κ2) is 8.73. The quantitative estimate of drug-likeness (QED) is 0.761. The van der Waals surface area contributed by atoms with Gasteiger partial charge in [0.15, 0.2) is 0 Å². The van der Waals surface area contributed by atoms with Crippen LogP contribution in [0.2, 0.25) is 0 Å². The molecule has 0 saturated carbocycles. The predicted octanol–water partition coefficient (Wildman–Crippen LogP) is 2.93. The molecule has 0 aromatic heterocycles. The minimum absolute atomic E-state index is 0. The lowest BCUT2D eigenvalue weighted by atomic mass is 10.1. The van der Waals surface area contributed by atoms with Gasteiger partial charge in [-0.1, -0.05) is 24.3 Å². The fourth-order valence-electron chi connectivity index (χ4n) is 2.99. The third kappa shape index (κ3) is 3.96. The lowest BCUT2D eigenvalue weighted by Crippen LogP contribution is -2.46. The zero-order valence-corrected chi connectivity index (χ0v) is 16.5. The van der Waals surface area contributed by atoms with E-state index in [1.807, 2.05) is 31.3 Å². The largest absolute Gasteiger partial charge is 0.497 e. The Kier molecular flexibility index (Phi) is 6.88. The summed E-state index contributed by atoms with van der Waals surface area (Å²) in [4.78, 5) is 0. The first kappa shape index (κ1) is 20.5. The monoisotopic (exact) mass is 397 g/mol. The molecule has 0 radical (unpaired) electrons. The maximum atomic E-state index is 13.3. The highest BCUT2D eigenvalue weighted by Crippen LogP contribution is 2.39. The Labute approximate surface area is 161 Å². The number of nitrogens with one attached hydrogen (secondary N) is 1. The van der Waals surface area contributed by atoms with E-state index in [2.05, 4.69) is 5.32 Å². The van der Waals surface area contributed by atoms with Gasteiger partial charge in [-0.15, -0.1) is 12.4 Å². The van der Waals surface area contributed by atoms with Gasteiger partial charge in [0.25, 0.3) is 0 Å². The van der Waals surface area contributed by atoms with Gasteiger partial charge in [-0.25, -0.2) is 4.31 Å². The molecule has 1 aliphatic rings. The van der Waals surface area contributed by atoms with Crippen molar-refractivity contribution in [2.75, 3.05) is 31.6 Å². The van der Waals surface area contributed by atoms with Crippen LogP contribution in [-0.2, 0) is 16.8 Å². The van der Waals surface area contributed by atoms with E-state index in [0.29, 0.717) is 30.2 Å². The molecule has 2 aromatic carbocycles. The van der Waals surface area contributed by atoms with E-state index in [1.54, 1.807) is 31.4 Å². The number of para-hydroxylation sites is 1. The number of benzene rings is 2. The van der Waals surface area contributed by atoms with Crippen LogP contribution in [0.25, 0.3) is 0 Å². The highest BCUT2D eigenvalue weighted by molar-refractivity contribution is 7.90. The fourth-order valence-corrected chi connectivity index (χ4v) is 4.69. The summed E-state index contributed by atoms with van der Waals surface area (Å²) in [5, 5.41) is 3.06. The first-order valence-electron chi connectivity index (χ1n) is 8.25. The van der Waals surface area contributed by atoms with Crippen LogP contribution in [0.4, 0.5) is 11.4 Å². The molecule has 0 spiro atoms. The van der Waals surface area contributed by atoms with Crippen molar-refractivity contribution in [3.8, 4) is 5.75 Å². The van der Waals surface area contributed by atoms with Gasteiger partial charge in [-0.05, 0) is 43.8 Å². The van der Waals surface area contributed by atoms with Crippen LogP contribution >= 0.6 is 12.4 Å². The summed E-state index contributed by atoms with van der Waals surface area (Å²) in [6, 6.07) is 14.7. The van der Waals surface area contributed by atoms with Crippen LogP contribution in [0.5, 0.6) is 5.75 Å². The maximum Gasteiger partial charge on any atom is 0.308 e. The molecule has 142 valence electrons. The van der Waals surface area contributed by atoms with Crippen LogP contribution in [0, 0.1) is 0 Å².